The van der Waals surface area contributed by atoms with Crippen LogP contribution in [-0.2, 0) is 4.79 Å². The number of fused-ring (bicyclic) bond motifs is 1. The Morgan fingerprint density at radius 3 is 2.93 bits per heavy atom. The molecular formula is C21H20ClN3O3. The third-order valence-electron chi connectivity index (χ3n) is 5.01. The number of H-pyrrole nitrogens is 1. The van der Waals surface area contributed by atoms with Gasteiger partial charge in [-0.15, -0.1) is 0 Å². The molecule has 2 aromatic heterocycles. The van der Waals surface area contributed by atoms with E-state index in [-0.39, 0.29) is 6.10 Å². The van der Waals surface area contributed by atoms with E-state index in [9.17, 15) is 9.59 Å². The number of hydrogen-bond acceptors (Lipinski definition) is 4. The van der Waals surface area contributed by atoms with Gasteiger partial charge in [0.15, 0.2) is 0 Å². The summed E-state index contributed by atoms with van der Waals surface area (Å²) in [6.45, 7) is 2.70. The summed E-state index contributed by atoms with van der Waals surface area (Å²) in [5.74, 6) is -0.450. The minimum Gasteiger partial charge on any atom is -0.487 e. The van der Waals surface area contributed by atoms with Crippen LogP contribution in [0.3, 0.4) is 0 Å². The average Bonchev–Trinajstić information content (AvgIpc) is 3.04. The number of nitrogens with one attached hydrogen (secondary N) is 1. The van der Waals surface area contributed by atoms with Crippen LogP contribution in [0.15, 0.2) is 42.7 Å². The summed E-state index contributed by atoms with van der Waals surface area (Å²) >= 11 is 6.11. The molecule has 1 amide bonds. The summed E-state index contributed by atoms with van der Waals surface area (Å²) in [5, 5.41) is 1.20. The lowest BCUT2D eigenvalue weighted by molar-refractivity contribution is -0.128. The largest absolute Gasteiger partial charge is 0.487 e. The number of aromatic nitrogens is 2. The van der Waals surface area contributed by atoms with E-state index in [4.69, 9.17) is 16.3 Å². The maximum atomic E-state index is 13.0. The third kappa shape index (κ3) is 3.47. The number of aryl methyl sites for hydroxylation is 1. The van der Waals surface area contributed by atoms with Gasteiger partial charge in [0.1, 0.15) is 16.9 Å². The van der Waals surface area contributed by atoms with Crippen molar-refractivity contribution in [3.05, 3.63) is 59.0 Å². The van der Waals surface area contributed by atoms with Gasteiger partial charge >= 0.3 is 0 Å². The number of likely N-dealkylation sites (tertiary alicyclic amines) is 1. The number of aromatic amines is 1. The van der Waals surface area contributed by atoms with Gasteiger partial charge in [0.2, 0.25) is 0 Å². The summed E-state index contributed by atoms with van der Waals surface area (Å²) in [5.41, 5.74) is 2.00. The Kier molecular flexibility index (Phi) is 5.05. The van der Waals surface area contributed by atoms with E-state index in [1.165, 1.54) is 6.20 Å². The molecule has 1 unspecified atom stereocenters. The van der Waals surface area contributed by atoms with Crippen molar-refractivity contribution in [1.29, 1.82) is 0 Å². The number of carbonyl (C=O) groups is 2. The second-order valence-corrected chi connectivity index (χ2v) is 7.35. The van der Waals surface area contributed by atoms with Crippen molar-refractivity contribution < 1.29 is 14.3 Å². The highest BCUT2D eigenvalue weighted by molar-refractivity contribution is 6.45. The van der Waals surface area contributed by atoms with E-state index >= 15 is 0 Å². The molecule has 1 fully saturated rings. The highest BCUT2D eigenvalue weighted by Gasteiger charge is 2.31. The van der Waals surface area contributed by atoms with Gasteiger partial charge in [-0.25, -0.2) is 0 Å². The Morgan fingerprint density at radius 1 is 1.29 bits per heavy atom. The van der Waals surface area contributed by atoms with Crippen LogP contribution in [0.1, 0.15) is 28.9 Å². The van der Waals surface area contributed by atoms with Gasteiger partial charge in [0.25, 0.3) is 11.7 Å². The Balaban J connectivity index is 1.52. The van der Waals surface area contributed by atoms with Crippen molar-refractivity contribution in [3.8, 4) is 5.75 Å². The monoisotopic (exact) mass is 397 g/mol. The molecule has 3 aromatic rings. The van der Waals surface area contributed by atoms with Crippen LogP contribution in [0.5, 0.6) is 5.75 Å². The first kappa shape index (κ1) is 18.5. The molecule has 6 nitrogen and oxygen atoms in total. The SMILES string of the molecule is Cc1[nH]c2ccccc2c1C(=O)C(=O)N1CCCC(Oc2ccncc2Cl)C1. The number of ether oxygens (including phenoxy) is 1. The molecule has 7 heteroatoms. The van der Waals surface area contributed by atoms with Crippen LogP contribution in [0.2, 0.25) is 5.02 Å². The maximum Gasteiger partial charge on any atom is 0.295 e. The Bertz CT molecular complexity index is 1050. The van der Waals surface area contributed by atoms with Gasteiger partial charge in [0.05, 0.1) is 12.1 Å². The predicted molar refractivity (Wildman–Crippen MR) is 107 cm³/mol. The van der Waals surface area contributed by atoms with Crippen LogP contribution in [-0.4, -0.2) is 45.8 Å². The van der Waals surface area contributed by atoms with Crippen LogP contribution >= 0.6 is 11.6 Å². The zero-order chi connectivity index (χ0) is 19.7. The molecule has 0 saturated carbocycles. The van der Waals surface area contributed by atoms with Gasteiger partial charge in [0, 0.05) is 41.6 Å². The number of para-hydroxylation sites is 1. The Hall–Kier alpha value is -2.86. The standard InChI is InChI=1S/C21H20ClN3O3/c1-13-19(15-6-2-3-7-17(15)24-13)20(26)21(27)25-10-4-5-14(12-25)28-18-8-9-23-11-16(18)22/h2-3,6-9,11,14,24H,4-5,10,12H2,1H3. The summed E-state index contributed by atoms with van der Waals surface area (Å²) in [7, 11) is 0. The van der Waals surface area contributed by atoms with Crippen molar-refractivity contribution >= 4 is 34.2 Å². The number of ketones is 1. The number of pyridine rings is 1. The van der Waals surface area contributed by atoms with Crippen LogP contribution in [0.4, 0.5) is 0 Å². The van der Waals surface area contributed by atoms with E-state index < -0.39 is 11.7 Å². The van der Waals surface area contributed by atoms with Gasteiger partial charge in [-0.05, 0) is 25.8 Å². The van der Waals surface area contributed by atoms with Crippen molar-refractivity contribution in [2.45, 2.75) is 25.9 Å². The van der Waals surface area contributed by atoms with E-state index in [1.807, 2.05) is 31.2 Å². The molecule has 1 aliphatic heterocycles. The number of nitrogens with zero attached hydrogens (tertiary/aromatic N) is 2. The fourth-order valence-electron chi connectivity index (χ4n) is 3.68. The second-order valence-electron chi connectivity index (χ2n) is 6.94. The van der Waals surface area contributed by atoms with E-state index in [0.29, 0.717) is 35.1 Å². The zero-order valence-electron chi connectivity index (χ0n) is 15.4. The summed E-state index contributed by atoms with van der Waals surface area (Å²) in [4.78, 5) is 34.6. The quantitative estimate of drug-likeness (QED) is 0.537. The number of halogens is 1. The fraction of sp³-hybridized carbons (Fsp3) is 0.286. The Morgan fingerprint density at radius 2 is 2.11 bits per heavy atom. The molecule has 1 atom stereocenters. The fourth-order valence-corrected chi connectivity index (χ4v) is 3.84. The van der Waals surface area contributed by atoms with E-state index in [1.54, 1.807) is 17.2 Å². The highest BCUT2D eigenvalue weighted by Crippen LogP contribution is 2.27. The molecule has 28 heavy (non-hydrogen) atoms. The second kappa shape index (κ2) is 7.64. The summed E-state index contributed by atoms with van der Waals surface area (Å²) in [6, 6.07) is 9.20. The average molecular weight is 398 g/mol. The van der Waals surface area contributed by atoms with Gasteiger partial charge in [-0.1, -0.05) is 29.8 Å². The molecule has 1 aromatic carbocycles. The lowest BCUT2D eigenvalue weighted by Crippen LogP contribution is -2.47. The lowest BCUT2D eigenvalue weighted by Gasteiger charge is -2.32. The topological polar surface area (TPSA) is 75.3 Å². The number of amides is 1. The predicted octanol–water partition coefficient (Wildman–Crippen LogP) is 3.78. The molecule has 4 rings (SSSR count). The molecule has 1 N–H and O–H groups in total. The number of benzene rings is 1. The van der Waals surface area contributed by atoms with E-state index in [0.717, 1.165) is 23.7 Å². The van der Waals surface area contributed by atoms with Gasteiger partial charge in [-0.3, -0.25) is 14.6 Å². The number of Topliss-reactive ketones (excluding diaryl/α,β-unsaturated/α-hetero) is 1. The lowest BCUT2D eigenvalue weighted by atomic mass is 10.0. The number of hydrogen-bond donors (Lipinski definition) is 1. The van der Waals surface area contributed by atoms with Gasteiger partial charge < -0.3 is 14.6 Å². The van der Waals surface area contributed by atoms with Crippen LogP contribution in [0.25, 0.3) is 10.9 Å². The van der Waals surface area contributed by atoms with Crippen molar-refractivity contribution in [2.24, 2.45) is 0 Å². The third-order valence-corrected chi connectivity index (χ3v) is 5.29. The van der Waals surface area contributed by atoms with E-state index in [2.05, 4.69) is 9.97 Å². The van der Waals surface area contributed by atoms with Crippen LogP contribution < -0.4 is 4.74 Å². The van der Waals surface area contributed by atoms with Crippen molar-refractivity contribution in [3.63, 3.8) is 0 Å². The normalized spacial score (nSPS) is 16.9. The molecule has 0 bridgehead atoms. The molecular weight excluding hydrogens is 378 g/mol. The van der Waals surface area contributed by atoms with Gasteiger partial charge in [-0.2, -0.15) is 0 Å². The van der Waals surface area contributed by atoms with Crippen molar-refractivity contribution in [1.82, 2.24) is 14.9 Å². The number of piperidine rings is 1. The Labute approximate surface area is 167 Å². The smallest absolute Gasteiger partial charge is 0.295 e. The summed E-state index contributed by atoms with van der Waals surface area (Å²) in [6.07, 6.45) is 4.47. The molecule has 1 saturated heterocycles. The first-order valence-electron chi connectivity index (χ1n) is 9.21. The first-order valence-corrected chi connectivity index (χ1v) is 9.59. The first-order chi connectivity index (χ1) is 13.5. The number of rotatable bonds is 4. The molecule has 0 spiro atoms. The zero-order valence-corrected chi connectivity index (χ0v) is 16.2. The summed E-state index contributed by atoms with van der Waals surface area (Å²) < 4.78 is 5.95. The molecule has 0 aliphatic carbocycles. The molecule has 144 valence electrons. The molecule has 0 radical (unpaired) electrons. The van der Waals surface area contributed by atoms with Crippen LogP contribution in [0, 0.1) is 6.92 Å². The van der Waals surface area contributed by atoms with Crippen molar-refractivity contribution in [2.75, 3.05) is 13.1 Å². The minimum absolute atomic E-state index is 0.213. The maximum absolute atomic E-state index is 13.0. The number of carbonyl (C=O) groups excluding carboxylic acids is 2. The molecule has 3 heterocycles. The highest BCUT2D eigenvalue weighted by atomic mass is 35.5. The minimum atomic E-state index is -0.498. The molecule has 1 aliphatic rings.